The highest BCUT2D eigenvalue weighted by atomic mass is 16.3. The summed E-state index contributed by atoms with van der Waals surface area (Å²) in [5.41, 5.74) is 3.30. The van der Waals surface area contributed by atoms with Gasteiger partial charge >= 0.3 is 0 Å². The summed E-state index contributed by atoms with van der Waals surface area (Å²) in [6.45, 7) is 7.77. The smallest absolute Gasteiger partial charge is 0.255 e. The third kappa shape index (κ3) is 5.05. The van der Waals surface area contributed by atoms with E-state index in [2.05, 4.69) is 26.8 Å². The summed E-state index contributed by atoms with van der Waals surface area (Å²) in [5.74, 6) is 0.111. The summed E-state index contributed by atoms with van der Waals surface area (Å²) in [4.78, 5) is 17.8. The first-order valence-electron chi connectivity index (χ1n) is 11.8. The van der Waals surface area contributed by atoms with E-state index in [1.165, 1.54) is 6.20 Å². The number of aliphatic hydroxyl groups is 1. The molecule has 3 aromatic rings. The van der Waals surface area contributed by atoms with Crippen molar-refractivity contribution in [3.8, 4) is 17.5 Å². The molecule has 0 unspecified atom stereocenters. The molecule has 0 aromatic carbocycles. The molecule has 3 heterocycles. The van der Waals surface area contributed by atoms with Crippen molar-refractivity contribution in [1.82, 2.24) is 19.9 Å². The number of pyridine rings is 1. The minimum absolute atomic E-state index is 0.0887. The first-order valence-corrected chi connectivity index (χ1v) is 11.8. The molecule has 8 nitrogen and oxygen atoms in total. The maximum absolute atomic E-state index is 13.2. The normalized spacial score (nSPS) is 18.6. The highest BCUT2D eigenvalue weighted by Crippen LogP contribution is 2.33. The molecule has 1 amide bonds. The van der Waals surface area contributed by atoms with Crippen molar-refractivity contribution in [2.45, 2.75) is 71.1 Å². The molecule has 3 N–H and O–H groups in total. The van der Waals surface area contributed by atoms with Crippen LogP contribution < -0.4 is 10.6 Å². The lowest BCUT2D eigenvalue weighted by atomic mass is 9.77. The average Bonchev–Trinajstić information content (AvgIpc) is 3.21. The quantitative estimate of drug-likeness (QED) is 0.509. The molecule has 0 saturated heterocycles. The second-order valence-electron chi connectivity index (χ2n) is 10.0. The number of hydrogen-bond donors (Lipinski definition) is 3. The number of anilines is 1. The van der Waals surface area contributed by atoms with Crippen LogP contribution in [-0.4, -0.2) is 43.3 Å². The lowest BCUT2D eigenvalue weighted by Crippen LogP contribution is -2.42. The van der Waals surface area contributed by atoms with Crippen LogP contribution >= 0.6 is 0 Å². The molecule has 0 aliphatic heterocycles. The minimum Gasteiger partial charge on any atom is -0.390 e. The predicted molar refractivity (Wildman–Crippen MR) is 131 cm³/mol. The fourth-order valence-corrected chi connectivity index (χ4v) is 4.67. The van der Waals surface area contributed by atoms with E-state index in [0.29, 0.717) is 22.5 Å². The summed E-state index contributed by atoms with van der Waals surface area (Å²) >= 11 is 0. The maximum Gasteiger partial charge on any atom is 0.255 e. The summed E-state index contributed by atoms with van der Waals surface area (Å²) in [6.07, 6.45) is 6.63. The van der Waals surface area contributed by atoms with Gasteiger partial charge in [-0.05, 0) is 83.6 Å². The van der Waals surface area contributed by atoms with Crippen molar-refractivity contribution in [3.63, 3.8) is 0 Å². The number of nitrogens with one attached hydrogen (secondary N) is 2. The average molecular weight is 461 g/mol. The third-order valence-corrected chi connectivity index (χ3v) is 6.55. The van der Waals surface area contributed by atoms with Crippen LogP contribution in [0.2, 0.25) is 0 Å². The van der Waals surface area contributed by atoms with Crippen LogP contribution in [0.4, 0.5) is 5.69 Å². The van der Waals surface area contributed by atoms with Crippen LogP contribution in [0.1, 0.15) is 69.3 Å². The summed E-state index contributed by atoms with van der Waals surface area (Å²) < 4.78 is 1.74. The van der Waals surface area contributed by atoms with Crippen molar-refractivity contribution in [1.29, 1.82) is 5.26 Å². The van der Waals surface area contributed by atoms with E-state index >= 15 is 0 Å². The molecule has 0 bridgehead atoms. The molecular weight excluding hydrogens is 428 g/mol. The van der Waals surface area contributed by atoms with Gasteiger partial charge in [0.15, 0.2) is 0 Å². The minimum atomic E-state index is -0.683. The lowest BCUT2D eigenvalue weighted by molar-refractivity contribution is -0.00257. The molecule has 1 fully saturated rings. The molecular formula is C26H32N6O2. The summed E-state index contributed by atoms with van der Waals surface area (Å²) in [7, 11) is 0. The van der Waals surface area contributed by atoms with E-state index in [9.17, 15) is 9.90 Å². The van der Waals surface area contributed by atoms with Gasteiger partial charge in [0.1, 0.15) is 6.07 Å². The van der Waals surface area contributed by atoms with Gasteiger partial charge < -0.3 is 15.7 Å². The number of hydrogen-bond acceptors (Lipinski definition) is 6. The predicted octanol–water partition coefficient (Wildman–Crippen LogP) is 4.15. The molecule has 3 aromatic heterocycles. The monoisotopic (exact) mass is 460 g/mol. The first kappa shape index (κ1) is 23.7. The molecule has 34 heavy (non-hydrogen) atoms. The standard InChI is InChI=1S/C26H32N6O2/c1-16(2)30-22-12-23(24-10-9-20-11-17(13-27)14-29-32(20)24)28-15-21(22)25(33)31-19-7-5-18(6-8-19)26(3,4)34/h9-12,14-16,18-19,34H,5-8H2,1-4H3,(H,28,30)(H,31,33)/t18-,19-. The number of fused-ring (bicyclic) bond motifs is 1. The molecule has 1 saturated carbocycles. The topological polar surface area (TPSA) is 115 Å². The Morgan fingerprint density at radius 2 is 1.94 bits per heavy atom. The Labute approximate surface area is 200 Å². The van der Waals surface area contributed by atoms with E-state index < -0.39 is 5.60 Å². The number of aromatic nitrogens is 3. The zero-order chi connectivity index (χ0) is 24.5. The molecule has 1 aliphatic carbocycles. The van der Waals surface area contributed by atoms with Gasteiger partial charge in [-0.25, -0.2) is 4.52 Å². The molecule has 4 rings (SSSR count). The van der Waals surface area contributed by atoms with Gasteiger partial charge in [0.05, 0.1) is 45.5 Å². The van der Waals surface area contributed by atoms with Crippen LogP contribution in [0.5, 0.6) is 0 Å². The van der Waals surface area contributed by atoms with E-state index in [1.54, 1.807) is 16.8 Å². The highest BCUT2D eigenvalue weighted by molar-refractivity contribution is 6.00. The second kappa shape index (κ2) is 9.43. The molecule has 8 heteroatoms. The van der Waals surface area contributed by atoms with Gasteiger partial charge in [0.2, 0.25) is 0 Å². The number of carbonyl (C=O) groups excluding carboxylic acids is 1. The Morgan fingerprint density at radius 3 is 2.59 bits per heavy atom. The second-order valence-corrected chi connectivity index (χ2v) is 10.0. The Kier molecular flexibility index (Phi) is 6.58. The van der Waals surface area contributed by atoms with Gasteiger partial charge in [-0.2, -0.15) is 10.4 Å². The third-order valence-electron chi connectivity index (χ3n) is 6.55. The highest BCUT2D eigenvalue weighted by Gasteiger charge is 2.32. The number of nitrogens with zero attached hydrogens (tertiary/aromatic N) is 4. The van der Waals surface area contributed by atoms with Crippen LogP contribution in [0.15, 0.2) is 36.7 Å². The number of nitriles is 1. The van der Waals surface area contributed by atoms with E-state index in [1.807, 2.05) is 45.9 Å². The molecule has 0 atom stereocenters. The van der Waals surface area contributed by atoms with Crippen LogP contribution in [0.25, 0.3) is 16.9 Å². The Morgan fingerprint density at radius 1 is 1.21 bits per heavy atom. The Bertz CT molecular complexity index is 1230. The van der Waals surface area contributed by atoms with Crippen molar-refractivity contribution >= 4 is 17.1 Å². The zero-order valence-corrected chi connectivity index (χ0v) is 20.2. The van der Waals surface area contributed by atoms with Crippen molar-refractivity contribution < 1.29 is 9.90 Å². The van der Waals surface area contributed by atoms with Gasteiger partial charge in [-0.1, -0.05) is 0 Å². The Balaban J connectivity index is 1.57. The molecule has 178 valence electrons. The lowest BCUT2D eigenvalue weighted by Gasteiger charge is -2.36. The van der Waals surface area contributed by atoms with Crippen LogP contribution in [-0.2, 0) is 0 Å². The van der Waals surface area contributed by atoms with Crippen molar-refractivity contribution in [2.24, 2.45) is 5.92 Å². The van der Waals surface area contributed by atoms with Crippen molar-refractivity contribution in [3.05, 3.63) is 47.8 Å². The fourth-order valence-electron chi connectivity index (χ4n) is 4.67. The van der Waals surface area contributed by atoms with Crippen molar-refractivity contribution in [2.75, 3.05) is 5.32 Å². The Hall–Kier alpha value is -3.44. The summed E-state index contributed by atoms with van der Waals surface area (Å²) in [6, 6.07) is 9.78. The van der Waals surface area contributed by atoms with Crippen LogP contribution in [0, 0.1) is 17.2 Å². The van der Waals surface area contributed by atoms with Gasteiger partial charge in [-0.15, -0.1) is 0 Å². The molecule has 0 spiro atoms. The summed E-state index contributed by atoms with van der Waals surface area (Å²) in [5, 5.41) is 30.3. The van der Waals surface area contributed by atoms with Gasteiger partial charge in [0.25, 0.3) is 5.91 Å². The largest absolute Gasteiger partial charge is 0.390 e. The van der Waals surface area contributed by atoms with Crippen LogP contribution in [0.3, 0.4) is 0 Å². The van der Waals surface area contributed by atoms with E-state index in [-0.39, 0.29) is 23.9 Å². The molecule has 1 aliphatic rings. The van der Waals surface area contributed by atoms with Gasteiger partial charge in [-0.3, -0.25) is 9.78 Å². The molecule has 0 radical (unpaired) electrons. The number of carbonyl (C=O) groups is 1. The SMILES string of the molecule is CC(C)Nc1cc(-c2ccc3cc(C#N)cnn23)ncc1C(=O)N[C@H]1CC[C@H](C(C)(C)O)CC1. The number of rotatable bonds is 6. The van der Waals surface area contributed by atoms with E-state index in [0.717, 1.165) is 36.9 Å². The zero-order valence-electron chi connectivity index (χ0n) is 20.2. The fraction of sp³-hybridized carbons (Fsp3) is 0.462. The number of amides is 1. The van der Waals surface area contributed by atoms with E-state index in [4.69, 9.17) is 5.26 Å². The first-order chi connectivity index (χ1) is 16.2. The maximum atomic E-state index is 13.2. The van der Waals surface area contributed by atoms with Gasteiger partial charge in [0, 0.05) is 18.3 Å².